The first-order valence-corrected chi connectivity index (χ1v) is 7.52. The first-order valence-electron chi connectivity index (χ1n) is 6.71. The first kappa shape index (κ1) is 13.2. The van der Waals surface area contributed by atoms with E-state index in [-0.39, 0.29) is 5.91 Å². The molecule has 0 saturated heterocycles. The molecule has 20 heavy (non-hydrogen) atoms. The van der Waals surface area contributed by atoms with Gasteiger partial charge in [0.05, 0.1) is 0 Å². The number of amides is 1. The third-order valence-electron chi connectivity index (χ3n) is 3.10. The summed E-state index contributed by atoms with van der Waals surface area (Å²) in [6.45, 7) is 4.07. The van der Waals surface area contributed by atoms with Gasteiger partial charge in [-0.25, -0.2) is 4.98 Å². The molecule has 1 fully saturated rings. The number of anilines is 1. The molecule has 1 N–H and O–H groups in total. The molecule has 6 nitrogen and oxygen atoms in total. The molecule has 0 unspecified atom stereocenters. The van der Waals surface area contributed by atoms with Crippen molar-refractivity contribution in [2.75, 3.05) is 5.32 Å². The summed E-state index contributed by atoms with van der Waals surface area (Å²) >= 11 is 1.38. The highest BCUT2D eigenvalue weighted by Gasteiger charge is 2.24. The Morgan fingerprint density at radius 3 is 2.95 bits per heavy atom. The van der Waals surface area contributed by atoms with Gasteiger partial charge in [-0.3, -0.25) is 10.1 Å². The van der Waals surface area contributed by atoms with Gasteiger partial charge in [-0.2, -0.15) is 0 Å². The van der Waals surface area contributed by atoms with Gasteiger partial charge in [-0.1, -0.05) is 25.2 Å². The standard InChI is InChI=1S/C13H16N4O2S/c1-7(2)12-16-17-13(20-12)15-11(18)9-6-19-10(14-9)5-8-3-4-8/h6-8H,3-5H2,1-2H3,(H,15,17,18). The van der Waals surface area contributed by atoms with E-state index < -0.39 is 0 Å². The van der Waals surface area contributed by atoms with Crippen LogP contribution in [0.1, 0.15) is 54.0 Å². The lowest BCUT2D eigenvalue weighted by Gasteiger charge is -1.96. The van der Waals surface area contributed by atoms with E-state index in [0.717, 1.165) is 11.4 Å². The van der Waals surface area contributed by atoms with Crippen molar-refractivity contribution in [3.63, 3.8) is 0 Å². The summed E-state index contributed by atoms with van der Waals surface area (Å²) in [4.78, 5) is 16.2. The van der Waals surface area contributed by atoms with Crippen LogP contribution in [0.5, 0.6) is 0 Å². The fourth-order valence-electron chi connectivity index (χ4n) is 1.76. The minimum absolute atomic E-state index is 0.293. The Morgan fingerprint density at radius 1 is 1.50 bits per heavy atom. The van der Waals surface area contributed by atoms with Gasteiger partial charge in [0.15, 0.2) is 11.6 Å². The quantitative estimate of drug-likeness (QED) is 0.916. The molecule has 1 aliphatic carbocycles. The predicted octanol–water partition coefficient (Wildman–Crippen LogP) is 2.85. The monoisotopic (exact) mass is 292 g/mol. The second-order valence-corrected chi connectivity index (χ2v) is 6.34. The number of nitrogens with one attached hydrogen (secondary N) is 1. The average Bonchev–Trinajstić information content (AvgIpc) is 2.91. The number of hydrogen-bond donors (Lipinski definition) is 1. The Kier molecular flexibility index (Phi) is 3.52. The van der Waals surface area contributed by atoms with Crippen molar-refractivity contribution in [3.8, 4) is 0 Å². The van der Waals surface area contributed by atoms with Crippen LogP contribution in [0.4, 0.5) is 5.13 Å². The van der Waals surface area contributed by atoms with Gasteiger partial charge in [0, 0.05) is 12.3 Å². The van der Waals surface area contributed by atoms with Crippen LogP contribution in [-0.2, 0) is 6.42 Å². The van der Waals surface area contributed by atoms with E-state index in [4.69, 9.17) is 4.42 Å². The van der Waals surface area contributed by atoms with E-state index in [0.29, 0.717) is 28.6 Å². The minimum atomic E-state index is -0.303. The number of aromatic nitrogens is 3. The van der Waals surface area contributed by atoms with Gasteiger partial charge >= 0.3 is 0 Å². The maximum Gasteiger partial charge on any atom is 0.279 e. The van der Waals surface area contributed by atoms with E-state index in [1.807, 2.05) is 13.8 Å². The Labute approximate surface area is 120 Å². The van der Waals surface area contributed by atoms with Crippen LogP contribution in [0, 0.1) is 5.92 Å². The Hall–Kier alpha value is -1.76. The highest BCUT2D eigenvalue weighted by atomic mass is 32.1. The molecule has 3 rings (SSSR count). The molecule has 0 aromatic carbocycles. The molecule has 1 amide bonds. The van der Waals surface area contributed by atoms with Crippen molar-refractivity contribution in [1.29, 1.82) is 0 Å². The van der Waals surface area contributed by atoms with E-state index in [9.17, 15) is 4.79 Å². The summed E-state index contributed by atoms with van der Waals surface area (Å²) < 4.78 is 5.31. The molecule has 1 saturated carbocycles. The molecule has 0 spiro atoms. The predicted molar refractivity (Wildman–Crippen MR) is 74.9 cm³/mol. The molecule has 1 aliphatic rings. The third-order valence-corrected chi connectivity index (χ3v) is 4.24. The molecule has 0 aliphatic heterocycles. The molecule has 0 bridgehead atoms. The molecule has 106 valence electrons. The molecule has 2 aromatic heterocycles. The molecule has 2 heterocycles. The topological polar surface area (TPSA) is 80.9 Å². The SMILES string of the molecule is CC(C)c1nnc(NC(=O)c2coc(CC3CC3)n2)s1. The number of oxazole rings is 1. The molecule has 0 atom stereocenters. The Morgan fingerprint density at radius 2 is 2.30 bits per heavy atom. The summed E-state index contributed by atoms with van der Waals surface area (Å²) in [6.07, 6.45) is 4.68. The fraction of sp³-hybridized carbons (Fsp3) is 0.538. The lowest BCUT2D eigenvalue weighted by Crippen LogP contribution is -2.12. The van der Waals surface area contributed by atoms with Crippen molar-refractivity contribution in [2.24, 2.45) is 5.92 Å². The van der Waals surface area contributed by atoms with Gasteiger partial charge in [-0.05, 0) is 18.8 Å². The van der Waals surface area contributed by atoms with Gasteiger partial charge in [0.2, 0.25) is 5.13 Å². The van der Waals surface area contributed by atoms with E-state index in [1.54, 1.807) is 0 Å². The van der Waals surface area contributed by atoms with Crippen molar-refractivity contribution in [1.82, 2.24) is 15.2 Å². The molecule has 7 heteroatoms. The van der Waals surface area contributed by atoms with Gasteiger partial charge in [-0.15, -0.1) is 10.2 Å². The van der Waals surface area contributed by atoms with Crippen LogP contribution in [0.3, 0.4) is 0 Å². The van der Waals surface area contributed by atoms with Crippen LogP contribution in [0.25, 0.3) is 0 Å². The zero-order chi connectivity index (χ0) is 14.1. The first-order chi connectivity index (χ1) is 9.61. The number of rotatable bonds is 5. The van der Waals surface area contributed by atoms with Crippen molar-refractivity contribution in [3.05, 3.63) is 22.9 Å². The van der Waals surface area contributed by atoms with Crippen molar-refractivity contribution < 1.29 is 9.21 Å². The summed E-state index contributed by atoms with van der Waals surface area (Å²) in [6, 6.07) is 0. The highest BCUT2D eigenvalue weighted by molar-refractivity contribution is 7.15. The second kappa shape index (κ2) is 5.32. The van der Waals surface area contributed by atoms with E-state index >= 15 is 0 Å². The number of nitrogens with zero attached hydrogens (tertiary/aromatic N) is 3. The van der Waals surface area contributed by atoms with Crippen LogP contribution in [-0.4, -0.2) is 21.1 Å². The van der Waals surface area contributed by atoms with Gasteiger partial charge < -0.3 is 4.42 Å². The van der Waals surface area contributed by atoms with E-state index in [1.165, 1.54) is 30.4 Å². The molecule has 2 aromatic rings. The Bertz CT molecular complexity index is 615. The zero-order valence-corrected chi connectivity index (χ0v) is 12.2. The fourth-order valence-corrected chi connectivity index (χ4v) is 2.50. The van der Waals surface area contributed by atoms with E-state index in [2.05, 4.69) is 20.5 Å². The smallest absolute Gasteiger partial charge is 0.279 e. The summed E-state index contributed by atoms with van der Waals surface area (Å²) in [5, 5.41) is 12.1. The van der Waals surface area contributed by atoms with Gasteiger partial charge in [0.25, 0.3) is 5.91 Å². The lowest BCUT2D eigenvalue weighted by molar-refractivity contribution is 0.102. The number of carbonyl (C=O) groups excluding carboxylic acids is 1. The minimum Gasteiger partial charge on any atom is -0.448 e. The largest absolute Gasteiger partial charge is 0.448 e. The third kappa shape index (κ3) is 3.04. The van der Waals surface area contributed by atoms with Gasteiger partial charge in [0.1, 0.15) is 11.3 Å². The molecular weight excluding hydrogens is 276 g/mol. The van der Waals surface area contributed by atoms with Crippen molar-refractivity contribution >= 4 is 22.4 Å². The Balaban J connectivity index is 1.63. The van der Waals surface area contributed by atoms with Crippen molar-refractivity contribution in [2.45, 2.75) is 39.0 Å². The summed E-state index contributed by atoms with van der Waals surface area (Å²) in [5.41, 5.74) is 0.293. The zero-order valence-electron chi connectivity index (χ0n) is 11.4. The lowest BCUT2D eigenvalue weighted by atomic mass is 10.2. The molecular formula is C13H16N4O2S. The van der Waals surface area contributed by atoms with Crippen LogP contribution in [0.15, 0.2) is 10.7 Å². The van der Waals surface area contributed by atoms with Crippen LogP contribution >= 0.6 is 11.3 Å². The normalized spacial score (nSPS) is 14.8. The number of carbonyl (C=O) groups is 1. The van der Waals surface area contributed by atoms with Crippen LogP contribution in [0.2, 0.25) is 0 Å². The summed E-state index contributed by atoms with van der Waals surface area (Å²) in [5.74, 6) is 1.32. The van der Waals surface area contributed by atoms with Crippen LogP contribution < -0.4 is 5.32 Å². The number of hydrogen-bond acceptors (Lipinski definition) is 6. The maximum absolute atomic E-state index is 12.0. The summed E-state index contributed by atoms with van der Waals surface area (Å²) in [7, 11) is 0. The second-order valence-electron chi connectivity index (χ2n) is 5.33. The maximum atomic E-state index is 12.0. The average molecular weight is 292 g/mol. The highest BCUT2D eigenvalue weighted by Crippen LogP contribution is 2.32. The molecule has 0 radical (unpaired) electrons.